The van der Waals surface area contributed by atoms with Gasteiger partial charge in [-0.25, -0.2) is 13.1 Å². The number of ether oxygens (including phenoxy) is 1. The number of aryl methyl sites for hydroxylation is 1. The molecule has 0 fully saturated rings. The fourth-order valence-corrected chi connectivity index (χ4v) is 4.40. The van der Waals surface area contributed by atoms with Crippen molar-refractivity contribution in [1.29, 1.82) is 0 Å². The molecule has 166 valence electrons. The van der Waals surface area contributed by atoms with E-state index in [1.807, 2.05) is 6.92 Å². The fourth-order valence-electron chi connectivity index (χ4n) is 2.92. The minimum Gasteiger partial charge on any atom is -0.426 e. The van der Waals surface area contributed by atoms with Gasteiger partial charge in [0.25, 0.3) is 5.69 Å². The summed E-state index contributed by atoms with van der Waals surface area (Å²) in [4.78, 5) is 22.8. The largest absolute Gasteiger partial charge is 0.426 e. The number of nitrogens with one attached hydrogen (secondary N) is 1. The number of benzene rings is 3. The molecule has 0 saturated carbocycles. The Hall–Kier alpha value is -3.27. The quantitative estimate of drug-likeness (QED) is 0.221. The number of hydrogen-bond donors (Lipinski definition) is 1. The van der Waals surface area contributed by atoms with Gasteiger partial charge in [-0.1, -0.05) is 47.5 Å². The molecule has 3 rings (SSSR count). The van der Waals surface area contributed by atoms with Crippen molar-refractivity contribution in [2.75, 3.05) is 0 Å². The number of halogens is 1. The Labute approximate surface area is 190 Å². The van der Waals surface area contributed by atoms with E-state index in [1.54, 1.807) is 36.4 Å². The Morgan fingerprint density at radius 2 is 1.69 bits per heavy atom. The summed E-state index contributed by atoms with van der Waals surface area (Å²) < 4.78 is 33.6. The molecule has 0 heterocycles. The third-order valence-corrected chi connectivity index (χ3v) is 6.39. The van der Waals surface area contributed by atoms with Gasteiger partial charge in [-0.2, -0.15) is 0 Å². The zero-order valence-corrected chi connectivity index (χ0v) is 18.5. The average Bonchev–Trinajstić information content (AvgIpc) is 2.74. The van der Waals surface area contributed by atoms with E-state index in [2.05, 4.69) is 4.72 Å². The maximum atomic E-state index is 12.9. The SMILES string of the molecule is Cc1ccc(S(=O)(=O)N[C@@H](CC(=O)Oc2ccc([N+](=O)[O-])cc2)c2ccccc2Cl)cc1. The van der Waals surface area contributed by atoms with Crippen molar-refractivity contribution in [3.63, 3.8) is 0 Å². The Morgan fingerprint density at radius 3 is 2.28 bits per heavy atom. The lowest BCUT2D eigenvalue weighted by molar-refractivity contribution is -0.384. The van der Waals surface area contributed by atoms with Gasteiger partial charge in [-0.3, -0.25) is 14.9 Å². The molecule has 0 amide bonds. The maximum absolute atomic E-state index is 12.9. The number of non-ortho nitro benzene ring substituents is 1. The standard InChI is InChI=1S/C22H19ClN2O6S/c1-15-6-12-18(13-7-15)32(29,30)24-21(19-4-2-3-5-20(19)23)14-22(26)31-17-10-8-16(9-11-17)25(27)28/h2-13,21,24H,14H2,1H3/t21-/m0/s1. The van der Waals surface area contributed by atoms with Crippen LogP contribution in [0.5, 0.6) is 5.75 Å². The Morgan fingerprint density at radius 1 is 1.06 bits per heavy atom. The molecule has 0 bridgehead atoms. The summed E-state index contributed by atoms with van der Waals surface area (Å²) in [5.74, 6) is -0.643. The highest BCUT2D eigenvalue weighted by Gasteiger charge is 2.26. The van der Waals surface area contributed by atoms with Crippen LogP contribution in [0.3, 0.4) is 0 Å². The van der Waals surface area contributed by atoms with Gasteiger partial charge in [0.2, 0.25) is 10.0 Å². The summed E-state index contributed by atoms with van der Waals surface area (Å²) in [6.07, 6.45) is -0.355. The van der Waals surface area contributed by atoms with E-state index in [0.29, 0.717) is 5.56 Å². The molecule has 8 nitrogen and oxygen atoms in total. The van der Waals surface area contributed by atoms with Crippen LogP contribution in [0.15, 0.2) is 77.7 Å². The van der Waals surface area contributed by atoms with E-state index in [0.717, 1.165) is 5.56 Å². The lowest BCUT2D eigenvalue weighted by atomic mass is 10.0. The molecule has 0 saturated heterocycles. The van der Waals surface area contributed by atoms with Crippen LogP contribution in [0.4, 0.5) is 5.69 Å². The molecule has 0 spiro atoms. The number of carbonyl (C=O) groups is 1. The Kier molecular flexibility index (Phi) is 7.24. The van der Waals surface area contributed by atoms with Gasteiger partial charge in [0.1, 0.15) is 5.75 Å². The van der Waals surface area contributed by atoms with E-state index in [1.165, 1.54) is 36.4 Å². The van der Waals surface area contributed by atoms with Crippen LogP contribution in [0.25, 0.3) is 0 Å². The van der Waals surface area contributed by atoms with Crippen molar-refractivity contribution < 1.29 is 22.9 Å². The predicted molar refractivity (Wildman–Crippen MR) is 119 cm³/mol. The van der Waals surface area contributed by atoms with Gasteiger partial charge in [0, 0.05) is 17.2 Å². The summed E-state index contributed by atoms with van der Waals surface area (Å²) in [5, 5.41) is 11.0. The van der Waals surface area contributed by atoms with Gasteiger partial charge >= 0.3 is 5.97 Å². The van der Waals surface area contributed by atoms with Crippen LogP contribution in [0.1, 0.15) is 23.6 Å². The first-order valence-electron chi connectivity index (χ1n) is 9.44. The molecule has 1 atom stereocenters. The van der Waals surface area contributed by atoms with Gasteiger partial charge < -0.3 is 4.74 Å². The lowest BCUT2D eigenvalue weighted by Gasteiger charge is -2.20. The first kappa shape index (κ1) is 23.4. The number of nitro groups is 1. The van der Waals surface area contributed by atoms with Crippen molar-refractivity contribution in [2.24, 2.45) is 0 Å². The predicted octanol–water partition coefficient (Wildman–Crippen LogP) is 4.57. The number of carbonyl (C=O) groups excluding carboxylic acids is 1. The minimum absolute atomic E-state index is 0.0453. The molecule has 1 N–H and O–H groups in total. The second kappa shape index (κ2) is 9.90. The number of sulfonamides is 1. The molecular formula is C22H19ClN2O6S. The fraction of sp³-hybridized carbons (Fsp3) is 0.136. The summed E-state index contributed by atoms with van der Waals surface area (Å²) in [5.41, 5.74) is 1.16. The van der Waals surface area contributed by atoms with E-state index < -0.39 is 27.0 Å². The van der Waals surface area contributed by atoms with Crippen molar-refractivity contribution >= 4 is 33.3 Å². The summed E-state index contributed by atoms with van der Waals surface area (Å²) in [6.45, 7) is 1.84. The van der Waals surface area contributed by atoms with Crippen molar-refractivity contribution in [3.05, 3.63) is 99.1 Å². The molecule has 0 aromatic heterocycles. The zero-order chi connectivity index (χ0) is 23.3. The van der Waals surface area contributed by atoms with Crippen molar-refractivity contribution in [3.8, 4) is 5.75 Å². The van der Waals surface area contributed by atoms with E-state index in [4.69, 9.17) is 16.3 Å². The highest BCUT2D eigenvalue weighted by atomic mass is 35.5. The molecule has 10 heteroatoms. The molecule has 0 aliphatic heterocycles. The van der Waals surface area contributed by atoms with E-state index in [9.17, 15) is 23.3 Å². The highest BCUT2D eigenvalue weighted by Crippen LogP contribution is 2.28. The molecule has 0 aliphatic carbocycles. The van der Waals surface area contributed by atoms with Crippen LogP contribution in [0, 0.1) is 17.0 Å². The topological polar surface area (TPSA) is 116 Å². The monoisotopic (exact) mass is 474 g/mol. The number of esters is 1. The molecule has 3 aromatic carbocycles. The van der Waals surface area contributed by atoms with E-state index >= 15 is 0 Å². The molecule has 0 radical (unpaired) electrons. The number of hydrogen-bond acceptors (Lipinski definition) is 6. The maximum Gasteiger partial charge on any atom is 0.313 e. The van der Waals surface area contributed by atoms with Gasteiger partial charge in [0.15, 0.2) is 0 Å². The van der Waals surface area contributed by atoms with Crippen molar-refractivity contribution in [2.45, 2.75) is 24.3 Å². The molecular weight excluding hydrogens is 456 g/mol. The molecule has 0 aliphatic rings. The van der Waals surface area contributed by atoms with Crippen LogP contribution in [-0.4, -0.2) is 19.3 Å². The second-order valence-electron chi connectivity index (χ2n) is 6.94. The van der Waals surface area contributed by atoms with Crippen LogP contribution >= 0.6 is 11.6 Å². The first-order valence-corrected chi connectivity index (χ1v) is 11.3. The van der Waals surface area contributed by atoms with Crippen LogP contribution < -0.4 is 9.46 Å². The minimum atomic E-state index is -3.97. The Balaban J connectivity index is 1.83. The zero-order valence-electron chi connectivity index (χ0n) is 16.9. The number of rotatable bonds is 8. The third kappa shape index (κ3) is 5.91. The summed E-state index contributed by atoms with van der Waals surface area (Å²) >= 11 is 6.25. The third-order valence-electron chi connectivity index (χ3n) is 4.56. The Bertz CT molecular complexity index is 1230. The average molecular weight is 475 g/mol. The highest BCUT2D eigenvalue weighted by molar-refractivity contribution is 7.89. The first-order chi connectivity index (χ1) is 15.2. The lowest BCUT2D eigenvalue weighted by Crippen LogP contribution is -2.31. The summed E-state index contributed by atoms with van der Waals surface area (Å²) in [6, 6.07) is 16.8. The number of nitro benzene ring substituents is 1. The van der Waals surface area contributed by atoms with Gasteiger partial charge in [0.05, 0.1) is 22.3 Å². The van der Waals surface area contributed by atoms with E-state index in [-0.39, 0.29) is 27.8 Å². The van der Waals surface area contributed by atoms with Gasteiger partial charge in [-0.15, -0.1) is 0 Å². The summed E-state index contributed by atoms with van der Waals surface area (Å²) in [7, 11) is -3.97. The molecule has 3 aromatic rings. The molecule has 0 unspecified atom stereocenters. The normalized spacial score (nSPS) is 12.2. The van der Waals surface area contributed by atoms with Crippen molar-refractivity contribution in [1.82, 2.24) is 4.72 Å². The van der Waals surface area contributed by atoms with Crippen LogP contribution in [0.2, 0.25) is 5.02 Å². The molecule has 32 heavy (non-hydrogen) atoms. The number of nitrogens with zero attached hydrogens (tertiary/aromatic N) is 1. The van der Waals surface area contributed by atoms with Gasteiger partial charge in [-0.05, 0) is 42.8 Å². The van der Waals surface area contributed by atoms with Crippen LogP contribution in [-0.2, 0) is 14.8 Å². The smallest absolute Gasteiger partial charge is 0.313 e. The second-order valence-corrected chi connectivity index (χ2v) is 9.06.